The second kappa shape index (κ2) is 11.1. The Morgan fingerprint density at radius 1 is 1.00 bits per heavy atom. The Labute approximate surface area is 224 Å². The molecule has 0 bridgehead atoms. The molecule has 1 aliphatic rings. The highest BCUT2D eigenvalue weighted by Crippen LogP contribution is 2.30. The van der Waals surface area contributed by atoms with E-state index in [1.54, 1.807) is 38.5 Å². The van der Waals surface area contributed by atoms with E-state index >= 15 is 0 Å². The summed E-state index contributed by atoms with van der Waals surface area (Å²) in [5.41, 5.74) is 2.85. The second-order valence-corrected chi connectivity index (χ2v) is 9.82. The van der Waals surface area contributed by atoms with Crippen LogP contribution in [-0.4, -0.2) is 49.4 Å². The molecule has 1 saturated heterocycles. The molecule has 0 spiro atoms. The van der Waals surface area contributed by atoms with E-state index in [0.29, 0.717) is 29.2 Å². The number of hydrogen-bond donors (Lipinski definition) is 0. The van der Waals surface area contributed by atoms with Crippen LogP contribution in [0.4, 0.5) is 5.69 Å². The molecule has 0 aromatic heterocycles. The van der Waals surface area contributed by atoms with Crippen molar-refractivity contribution < 1.29 is 23.9 Å². The number of carbonyl (C=O) groups excluding carboxylic acids is 3. The maximum atomic E-state index is 13.7. The summed E-state index contributed by atoms with van der Waals surface area (Å²) in [5, 5.41) is 0. The van der Waals surface area contributed by atoms with Crippen LogP contribution >= 0.6 is 22.6 Å². The lowest BCUT2D eigenvalue weighted by molar-refractivity contribution is -0.122. The van der Waals surface area contributed by atoms with E-state index in [1.807, 2.05) is 49.4 Å². The van der Waals surface area contributed by atoms with Crippen LogP contribution in [0, 0.1) is 10.5 Å². The lowest BCUT2D eigenvalue weighted by atomic mass is 10.1. The molecule has 0 aliphatic carbocycles. The highest BCUT2D eigenvalue weighted by atomic mass is 127. The van der Waals surface area contributed by atoms with Crippen LogP contribution in [0.2, 0.25) is 0 Å². The van der Waals surface area contributed by atoms with Gasteiger partial charge in [-0.05, 0) is 90.0 Å². The Bertz CT molecular complexity index is 1290. The van der Waals surface area contributed by atoms with E-state index in [-0.39, 0.29) is 24.8 Å². The zero-order valence-corrected chi connectivity index (χ0v) is 22.5. The molecule has 186 valence electrons. The molecule has 0 saturated carbocycles. The van der Waals surface area contributed by atoms with Gasteiger partial charge >= 0.3 is 0 Å². The summed E-state index contributed by atoms with van der Waals surface area (Å²) in [5.74, 6) is 0.200. The Kier molecular flexibility index (Phi) is 7.93. The van der Waals surface area contributed by atoms with Crippen LogP contribution < -0.4 is 14.4 Å². The molecule has 0 radical (unpaired) electrons. The van der Waals surface area contributed by atoms with E-state index in [1.165, 1.54) is 9.80 Å². The van der Waals surface area contributed by atoms with Crippen molar-refractivity contribution in [2.24, 2.45) is 0 Å². The molecular weight excluding hydrogens is 571 g/mol. The Hall–Kier alpha value is -3.40. The normalized spacial score (nSPS) is 15.2. The minimum atomic E-state index is -0.884. The first kappa shape index (κ1) is 25.7. The number of hydrogen-bond acceptors (Lipinski definition) is 5. The van der Waals surface area contributed by atoms with Gasteiger partial charge in [0.1, 0.15) is 6.04 Å². The number of amides is 3. The molecule has 3 aromatic carbocycles. The molecule has 3 aromatic rings. The van der Waals surface area contributed by atoms with Gasteiger partial charge in [-0.1, -0.05) is 23.8 Å². The average molecular weight is 598 g/mol. The molecule has 1 fully saturated rings. The topological polar surface area (TPSA) is 76.2 Å². The Morgan fingerprint density at radius 2 is 1.72 bits per heavy atom. The lowest BCUT2D eigenvalue weighted by Crippen LogP contribution is -2.46. The average Bonchev–Trinajstić information content (AvgIpc) is 3.17. The van der Waals surface area contributed by atoms with Gasteiger partial charge in [0, 0.05) is 15.7 Å². The number of halogens is 1. The molecular formula is C28H27IN2O5. The van der Waals surface area contributed by atoms with E-state index in [0.717, 1.165) is 14.7 Å². The molecule has 3 amide bonds. The van der Waals surface area contributed by atoms with Gasteiger partial charge in [-0.2, -0.15) is 0 Å². The third kappa shape index (κ3) is 5.38. The first-order valence-corrected chi connectivity index (χ1v) is 12.6. The van der Waals surface area contributed by atoms with Gasteiger partial charge in [-0.25, -0.2) is 4.90 Å². The molecule has 1 heterocycles. The number of methoxy groups -OCH3 is 2. The van der Waals surface area contributed by atoms with E-state index in [4.69, 9.17) is 9.47 Å². The van der Waals surface area contributed by atoms with E-state index in [2.05, 4.69) is 22.6 Å². The smallest absolute Gasteiger partial charge is 0.257 e. The Morgan fingerprint density at radius 3 is 2.39 bits per heavy atom. The summed E-state index contributed by atoms with van der Waals surface area (Å²) in [6.45, 7) is 2.17. The van der Waals surface area contributed by atoms with Crippen molar-refractivity contribution in [3.63, 3.8) is 0 Å². The van der Waals surface area contributed by atoms with Gasteiger partial charge in [0.2, 0.25) is 5.91 Å². The standard InChI is InChI=1S/C28H27IN2O5/c1-18-5-4-6-20(15-18)27(33)30(14-13-19-7-12-24(35-2)25(16-19)36-3)23-17-26(32)31(28(23)34)22-10-8-21(29)9-11-22/h4-12,15-16,23H,13-14,17H2,1-3H3. The van der Waals surface area contributed by atoms with Crippen LogP contribution in [0.5, 0.6) is 11.5 Å². The van der Waals surface area contributed by atoms with Crippen molar-refractivity contribution in [1.82, 2.24) is 4.90 Å². The predicted octanol–water partition coefficient (Wildman–Crippen LogP) is 4.63. The molecule has 7 nitrogen and oxygen atoms in total. The number of ether oxygens (including phenoxy) is 2. The summed E-state index contributed by atoms with van der Waals surface area (Å²) >= 11 is 2.17. The predicted molar refractivity (Wildman–Crippen MR) is 146 cm³/mol. The summed E-state index contributed by atoms with van der Waals surface area (Å²) in [4.78, 5) is 42.9. The number of carbonyl (C=O) groups is 3. The van der Waals surface area contributed by atoms with E-state index in [9.17, 15) is 14.4 Å². The van der Waals surface area contributed by atoms with Crippen molar-refractivity contribution >= 4 is 46.0 Å². The van der Waals surface area contributed by atoms with Gasteiger partial charge in [0.25, 0.3) is 11.8 Å². The van der Waals surface area contributed by atoms with Crippen molar-refractivity contribution in [2.75, 3.05) is 25.7 Å². The number of nitrogens with zero attached hydrogens (tertiary/aromatic N) is 2. The van der Waals surface area contributed by atoms with Gasteiger partial charge in [-0.15, -0.1) is 0 Å². The highest BCUT2D eigenvalue weighted by molar-refractivity contribution is 14.1. The van der Waals surface area contributed by atoms with Crippen LogP contribution in [0.3, 0.4) is 0 Å². The molecule has 0 N–H and O–H groups in total. The van der Waals surface area contributed by atoms with E-state index < -0.39 is 11.9 Å². The van der Waals surface area contributed by atoms with Gasteiger partial charge < -0.3 is 14.4 Å². The number of aryl methyl sites for hydroxylation is 1. The molecule has 1 aliphatic heterocycles. The van der Waals surface area contributed by atoms with Gasteiger partial charge in [0.15, 0.2) is 11.5 Å². The van der Waals surface area contributed by atoms with Crippen LogP contribution in [-0.2, 0) is 16.0 Å². The fraction of sp³-hybridized carbons (Fsp3) is 0.250. The second-order valence-electron chi connectivity index (χ2n) is 8.57. The van der Waals surface area contributed by atoms with Crippen LogP contribution in [0.1, 0.15) is 27.9 Å². The largest absolute Gasteiger partial charge is 0.493 e. The molecule has 1 atom stereocenters. The summed E-state index contributed by atoms with van der Waals surface area (Å²) < 4.78 is 11.7. The third-order valence-electron chi connectivity index (χ3n) is 6.20. The van der Waals surface area contributed by atoms with Crippen molar-refractivity contribution in [2.45, 2.75) is 25.8 Å². The zero-order chi connectivity index (χ0) is 25.8. The molecule has 36 heavy (non-hydrogen) atoms. The van der Waals surface area contributed by atoms with Crippen molar-refractivity contribution in [1.29, 1.82) is 0 Å². The fourth-order valence-corrected chi connectivity index (χ4v) is 4.71. The summed E-state index contributed by atoms with van der Waals surface area (Å²) in [6, 6.07) is 19.1. The van der Waals surface area contributed by atoms with Crippen molar-refractivity contribution in [3.05, 3.63) is 87.0 Å². The SMILES string of the molecule is COc1ccc(CCN(C(=O)c2cccc(C)c2)C2CC(=O)N(c3ccc(I)cc3)C2=O)cc1OC. The first-order chi connectivity index (χ1) is 17.3. The quantitative estimate of drug-likeness (QED) is 0.279. The fourth-order valence-electron chi connectivity index (χ4n) is 4.35. The maximum absolute atomic E-state index is 13.7. The maximum Gasteiger partial charge on any atom is 0.257 e. The van der Waals surface area contributed by atoms with Crippen molar-refractivity contribution in [3.8, 4) is 11.5 Å². The lowest BCUT2D eigenvalue weighted by Gasteiger charge is -2.28. The number of benzene rings is 3. The minimum absolute atomic E-state index is 0.0612. The number of anilines is 1. The number of imide groups is 1. The highest BCUT2D eigenvalue weighted by Gasteiger charge is 2.44. The van der Waals surface area contributed by atoms with Crippen LogP contribution in [0.15, 0.2) is 66.7 Å². The molecule has 1 unspecified atom stereocenters. The Balaban J connectivity index is 1.64. The van der Waals surface area contributed by atoms with Crippen LogP contribution in [0.25, 0.3) is 0 Å². The molecule has 8 heteroatoms. The summed E-state index contributed by atoms with van der Waals surface area (Å²) in [6.07, 6.45) is 0.410. The van der Waals surface area contributed by atoms with Gasteiger partial charge in [-0.3, -0.25) is 14.4 Å². The number of rotatable bonds is 8. The third-order valence-corrected chi connectivity index (χ3v) is 6.92. The summed E-state index contributed by atoms with van der Waals surface area (Å²) in [7, 11) is 3.14. The zero-order valence-electron chi connectivity index (χ0n) is 20.4. The monoisotopic (exact) mass is 598 g/mol. The minimum Gasteiger partial charge on any atom is -0.493 e. The van der Waals surface area contributed by atoms with Gasteiger partial charge in [0.05, 0.1) is 26.3 Å². The molecule has 4 rings (SSSR count). The first-order valence-electron chi connectivity index (χ1n) is 11.5.